The molecule has 0 saturated heterocycles. The molecule has 0 bridgehead atoms. The van der Waals surface area contributed by atoms with Crippen LogP contribution >= 0.6 is 0 Å². The molecule has 0 fully saturated rings. The topological polar surface area (TPSA) is 38.0 Å². The molecule has 0 heterocycles. The first kappa shape index (κ1) is 9.50. The largest absolute Gasteiger partial charge is 0.387 e. The summed E-state index contributed by atoms with van der Waals surface area (Å²) in [5.74, 6) is 0. The lowest BCUT2D eigenvalue weighted by atomic mass is 10.2. The van der Waals surface area contributed by atoms with Gasteiger partial charge in [0.05, 0.1) is 0 Å². The molecule has 0 spiro atoms. The van der Waals surface area contributed by atoms with Crippen LogP contribution in [0.15, 0.2) is 12.3 Å². The molecular weight excluding hydrogens is 124 g/mol. The Hall–Kier alpha value is -0.500. The molecule has 0 aliphatic carbocycles. The van der Waals surface area contributed by atoms with Gasteiger partial charge in [0.1, 0.15) is 0 Å². The van der Waals surface area contributed by atoms with Gasteiger partial charge in [0.15, 0.2) is 0 Å². The number of nitrogens with one attached hydrogen (secondary N) is 1. The first-order chi connectivity index (χ1) is 4.66. The highest BCUT2D eigenvalue weighted by Crippen LogP contribution is 1.97. The van der Waals surface area contributed by atoms with Gasteiger partial charge in [0, 0.05) is 11.7 Å². The normalized spacial score (nSPS) is 10.0. The fourth-order valence-corrected chi connectivity index (χ4v) is 0.796. The first-order valence-corrected chi connectivity index (χ1v) is 3.81. The van der Waals surface area contributed by atoms with E-state index < -0.39 is 0 Å². The lowest BCUT2D eigenvalue weighted by molar-refractivity contribution is 0.633. The molecule has 0 saturated carbocycles. The minimum absolute atomic E-state index is 0.491. The zero-order valence-electron chi connectivity index (χ0n) is 6.98. The van der Waals surface area contributed by atoms with Gasteiger partial charge in [-0.05, 0) is 33.2 Å². The maximum Gasteiger partial charge on any atom is 0.0201 e. The van der Waals surface area contributed by atoms with Crippen LogP contribution in [0.25, 0.3) is 0 Å². The minimum atomic E-state index is 0.491. The van der Waals surface area contributed by atoms with Crippen molar-refractivity contribution in [2.75, 3.05) is 6.54 Å². The molecule has 60 valence electrons. The minimum Gasteiger partial charge on any atom is -0.387 e. The fraction of sp³-hybridized carbons (Fsp3) is 0.750. The van der Waals surface area contributed by atoms with E-state index in [1.807, 2.05) is 0 Å². The third-order valence-corrected chi connectivity index (χ3v) is 1.18. The van der Waals surface area contributed by atoms with Crippen LogP contribution in [-0.4, -0.2) is 12.6 Å². The molecule has 10 heavy (non-hydrogen) atoms. The van der Waals surface area contributed by atoms with Crippen LogP contribution in [-0.2, 0) is 0 Å². The number of allylic oxidation sites excluding steroid dienone is 1. The summed E-state index contributed by atoms with van der Waals surface area (Å²) in [6.45, 7) is 8.82. The molecule has 0 aromatic heterocycles. The van der Waals surface area contributed by atoms with Crippen molar-refractivity contribution in [2.45, 2.75) is 32.7 Å². The Kier molecular flexibility index (Phi) is 5.03. The van der Waals surface area contributed by atoms with Crippen LogP contribution in [0.4, 0.5) is 0 Å². The van der Waals surface area contributed by atoms with Crippen LogP contribution < -0.4 is 11.1 Å². The fourth-order valence-electron chi connectivity index (χ4n) is 0.796. The summed E-state index contributed by atoms with van der Waals surface area (Å²) in [5.41, 5.74) is 6.44. The summed E-state index contributed by atoms with van der Waals surface area (Å²) in [6.07, 6.45) is 2.02. The molecule has 0 aromatic rings. The van der Waals surface area contributed by atoms with Crippen molar-refractivity contribution < 1.29 is 0 Å². The van der Waals surface area contributed by atoms with Crippen molar-refractivity contribution >= 4 is 0 Å². The predicted octanol–water partition coefficient (Wildman–Crippen LogP) is 1.24. The van der Waals surface area contributed by atoms with Gasteiger partial charge >= 0.3 is 0 Å². The number of rotatable bonds is 5. The van der Waals surface area contributed by atoms with Crippen LogP contribution in [0, 0.1) is 0 Å². The van der Waals surface area contributed by atoms with E-state index in [-0.39, 0.29) is 0 Å². The first-order valence-electron chi connectivity index (χ1n) is 3.81. The van der Waals surface area contributed by atoms with Gasteiger partial charge in [-0.25, -0.2) is 0 Å². The van der Waals surface area contributed by atoms with Gasteiger partial charge in [-0.15, -0.1) is 0 Å². The van der Waals surface area contributed by atoms with E-state index >= 15 is 0 Å². The van der Waals surface area contributed by atoms with Gasteiger partial charge in [-0.1, -0.05) is 6.58 Å². The molecule has 3 N–H and O–H groups in total. The Balaban J connectivity index is 3.26. The predicted molar refractivity (Wildman–Crippen MR) is 45.7 cm³/mol. The van der Waals surface area contributed by atoms with Gasteiger partial charge in [0.25, 0.3) is 0 Å². The maximum absolute atomic E-state index is 5.34. The zero-order valence-corrected chi connectivity index (χ0v) is 6.98. The Morgan fingerprint density at radius 3 is 2.60 bits per heavy atom. The standard InChI is InChI=1S/C8H18N2/c1-7(2)10-8(3)5-4-6-9/h7,10H,3-6,9H2,1-2H3. The van der Waals surface area contributed by atoms with E-state index in [0.29, 0.717) is 6.04 Å². The molecule has 2 nitrogen and oxygen atoms in total. The summed E-state index contributed by atoms with van der Waals surface area (Å²) < 4.78 is 0. The van der Waals surface area contributed by atoms with E-state index in [4.69, 9.17) is 5.73 Å². The van der Waals surface area contributed by atoms with Crippen molar-refractivity contribution in [3.8, 4) is 0 Å². The summed E-state index contributed by atoms with van der Waals surface area (Å²) in [6, 6.07) is 0.491. The molecule has 0 unspecified atom stereocenters. The molecule has 0 radical (unpaired) electrons. The maximum atomic E-state index is 5.34. The molecule has 0 amide bonds. The summed E-state index contributed by atoms with van der Waals surface area (Å²) in [5, 5.41) is 3.23. The highest BCUT2D eigenvalue weighted by atomic mass is 14.9. The monoisotopic (exact) mass is 142 g/mol. The molecular formula is C8H18N2. The number of hydrogen-bond donors (Lipinski definition) is 2. The lowest BCUT2D eigenvalue weighted by Crippen LogP contribution is -2.21. The van der Waals surface area contributed by atoms with E-state index in [2.05, 4.69) is 25.7 Å². The van der Waals surface area contributed by atoms with Crippen molar-refractivity contribution in [3.63, 3.8) is 0 Å². The van der Waals surface area contributed by atoms with Crippen LogP contribution in [0.2, 0.25) is 0 Å². The van der Waals surface area contributed by atoms with Gasteiger partial charge in [-0.3, -0.25) is 0 Å². The van der Waals surface area contributed by atoms with Crippen LogP contribution in [0.1, 0.15) is 26.7 Å². The van der Waals surface area contributed by atoms with Crippen molar-refractivity contribution in [1.29, 1.82) is 0 Å². The Bertz CT molecular complexity index is 97.4. The Morgan fingerprint density at radius 1 is 1.60 bits per heavy atom. The SMILES string of the molecule is C=C(CCCN)NC(C)C. The highest BCUT2D eigenvalue weighted by molar-refractivity contribution is 4.91. The molecule has 0 aromatic carbocycles. The second-order valence-electron chi connectivity index (χ2n) is 2.79. The van der Waals surface area contributed by atoms with Crippen LogP contribution in [0.3, 0.4) is 0 Å². The Labute approximate surface area is 63.5 Å². The molecule has 2 heteroatoms. The number of hydrogen-bond acceptors (Lipinski definition) is 2. The molecule has 0 aliphatic heterocycles. The van der Waals surface area contributed by atoms with Gasteiger partial charge in [0.2, 0.25) is 0 Å². The van der Waals surface area contributed by atoms with E-state index in [1.54, 1.807) is 0 Å². The van der Waals surface area contributed by atoms with Crippen molar-refractivity contribution in [1.82, 2.24) is 5.32 Å². The average molecular weight is 142 g/mol. The Morgan fingerprint density at radius 2 is 2.20 bits per heavy atom. The second kappa shape index (κ2) is 5.30. The molecule has 0 aliphatic rings. The summed E-state index contributed by atoms with van der Waals surface area (Å²) in [4.78, 5) is 0. The highest BCUT2D eigenvalue weighted by Gasteiger charge is 1.94. The van der Waals surface area contributed by atoms with Gasteiger partial charge in [-0.2, -0.15) is 0 Å². The average Bonchev–Trinajstić information content (AvgIpc) is 1.82. The smallest absolute Gasteiger partial charge is 0.0201 e. The third kappa shape index (κ3) is 5.63. The third-order valence-electron chi connectivity index (χ3n) is 1.18. The molecule has 0 atom stereocenters. The number of nitrogens with two attached hydrogens (primary N) is 1. The van der Waals surface area contributed by atoms with E-state index in [0.717, 1.165) is 25.1 Å². The van der Waals surface area contributed by atoms with Crippen LogP contribution in [0.5, 0.6) is 0 Å². The quantitative estimate of drug-likeness (QED) is 0.606. The molecule has 0 rings (SSSR count). The second-order valence-corrected chi connectivity index (χ2v) is 2.79. The van der Waals surface area contributed by atoms with E-state index in [1.165, 1.54) is 0 Å². The zero-order chi connectivity index (χ0) is 7.98. The summed E-state index contributed by atoms with van der Waals surface area (Å²) >= 11 is 0. The summed E-state index contributed by atoms with van der Waals surface area (Å²) in [7, 11) is 0. The lowest BCUT2D eigenvalue weighted by Gasteiger charge is -2.11. The van der Waals surface area contributed by atoms with E-state index in [9.17, 15) is 0 Å². The van der Waals surface area contributed by atoms with Crippen molar-refractivity contribution in [3.05, 3.63) is 12.3 Å². The van der Waals surface area contributed by atoms with Crippen molar-refractivity contribution in [2.24, 2.45) is 5.73 Å². The van der Waals surface area contributed by atoms with Gasteiger partial charge < -0.3 is 11.1 Å².